The Balaban J connectivity index is 1.66. The lowest BCUT2D eigenvalue weighted by atomic mass is 9.97. The van der Waals surface area contributed by atoms with E-state index in [1.54, 1.807) is 9.42 Å². The molecule has 1 aliphatic rings. The van der Waals surface area contributed by atoms with Crippen molar-refractivity contribution in [1.82, 2.24) is 18.9 Å². The van der Waals surface area contributed by atoms with Crippen LogP contribution in [-0.2, 0) is 10.0 Å². The molecule has 13 heteroatoms. The first-order chi connectivity index (χ1) is 19.4. The molecule has 1 aliphatic heterocycles. The number of likely N-dealkylation sites (N-methyl/N-ethyl adjacent to an activating group) is 1. The number of anilines is 2. The first kappa shape index (κ1) is 28.0. The van der Waals surface area contributed by atoms with Gasteiger partial charge in [0.15, 0.2) is 10.5 Å². The normalized spacial score (nSPS) is 17.2. The summed E-state index contributed by atoms with van der Waals surface area (Å²) in [7, 11) is 0.894. The molecule has 0 unspecified atom stereocenters. The van der Waals surface area contributed by atoms with Gasteiger partial charge in [-0.15, -0.1) is 5.10 Å². The van der Waals surface area contributed by atoms with Gasteiger partial charge >= 0.3 is 0 Å². The average Bonchev–Trinajstić information content (AvgIpc) is 3.57. The second kappa shape index (κ2) is 10.1. The lowest BCUT2D eigenvalue weighted by molar-refractivity contribution is -0.387. The summed E-state index contributed by atoms with van der Waals surface area (Å²) in [5, 5.41) is 26.5. The number of hydrogen-bond acceptors (Lipinski definition) is 9. The number of benzene rings is 2. The van der Waals surface area contributed by atoms with Crippen molar-refractivity contribution in [3.63, 3.8) is 0 Å². The van der Waals surface area contributed by atoms with Crippen LogP contribution < -0.4 is 9.80 Å². The Hall–Kier alpha value is -4.54. The standard InChI is InChI=1S/C28H30N8O4S/c1-19-21(17-29)25-30-27(32(3)4)31-35(25)26(24(19)20-11-7-6-8-12-20)34-16-15-28(2,18-34)33(5)41(39,40)23-14-10-9-13-22(23)36(37)38/h6-14H,15-16,18H2,1-5H3/t28-/m0/s1. The van der Waals surface area contributed by atoms with Crippen LogP contribution in [0.4, 0.5) is 17.5 Å². The van der Waals surface area contributed by atoms with Gasteiger partial charge in [0.05, 0.1) is 10.5 Å². The van der Waals surface area contributed by atoms with Gasteiger partial charge in [-0.3, -0.25) is 10.1 Å². The topological polar surface area (TPSA) is 141 Å². The quantitative estimate of drug-likeness (QED) is 0.238. The van der Waals surface area contributed by atoms with Crippen LogP contribution in [0.3, 0.4) is 0 Å². The molecule has 0 amide bonds. The highest BCUT2D eigenvalue weighted by Gasteiger charge is 2.46. The van der Waals surface area contributed by atoms with Crippen LogP contribution in [0.25, 0.3) is 16.8 Å². The highest BCUT2D eigenvalue weighted by Crippen LogP contribution is 2.42. The monoisotopic (exact) mass is 574 g/mol. The van der Waals surface area contributed by atoms with E-state index in [9.17, 15) is 23.8 Å². The Labute approximate surface area is 238 Å². The molecule has 212 valence electrons. The number of sulfonamides is 1. The van der Waals surface area contributed by atoms with E-state index in [0.717, 1.165) is 16.7 Å². The molecule has 5 rings (SSSR count). The molecule has 3 heterocycles. The SMILES string of the molecule is Cc1c(-c2ccccc2)c(N2CC[C@](C)(N(C)S(=O)(=O)c3ccccc3[N+](=O)[O-])C2)n2nc(N(C)C)nc2c1C#N. The molecule has 41 heavy (non-hydrogen) atoms. The second-order valence-corrected chi connectivity index (χ2v) is 12.5. The van der Waals surface area contributed by atoms with E-state index in [2.05, 4.69) is 16.0 Å². The summed E-state index contributed by atoms with van der Waals surface area (Å²) in [5.41, 5.74) is 1.88. The van der Waals surface area contributed by atoms with E-state index < -0.39 is 26.2 Å². The van der Waals surface area contributed by atoms with Gasteiger partial charge < -0.3 is 9.80 Å². The number of nitriles is 1. The van der Waals surface area contributed by atoms with Gasteiger partial charge in [-0.25, -0.2) is 8.42 Å². The van der Waals surface area contributed by atoms with Crippen LogP contribution in [0.5, 0.6) is 0 Å². The van der Waals surface area contributed by atoms with Crippen molar-refractivity contribution in [3.05, 3.63) is 75.8 Å². The average molecular weight is 575 g/mol. The number of aromatic nitrogens is 3. The molecular formula is C28H30N8O4S. The Kier molecular flexibility index (Phi) is 6.92. The largest absolute Gasteiger partial charge is 0.354 e. The molecule has 0 spiro atoms. The van der Waals surface area contributed by atoms with Crippen LogP contribution in [0.15, 0.2) is 59.5 Å². The van der Waals surface area contributed by atoms with Crippen molar-refractivity contribution >= 4 is 33.1 Å². The fourth-order valence-corrected chi connectivity index (χ4v) is 7.07. The van der Waals surface area contributed by atoms with Gasteiger partial charge in [0.2, 0.25) is 16.0 Å². The third kappa shape index (κ3) is 4.55. The maximum Gasteiger partial charge on any atom is 0.289 e. The number of nitro benzene ring substituents is 1. The summed E-state index contributed by atoms with van der Waals surface area (Å²) in [5.74, 6) is 1.13. The molecule has 0 N–H and O–H groups in total. The van der Waals surface area contributed by atoms with Crippen molar-refractivity contribution in [2.24, 2.45) is 0 Å². The Morgan fingerprint density at radius 1 is 1.10 bits per heavy atom. The van der Waals surface area contributed by atoms with Gasteiger partial charge in [0, 0.05) is 45.9 Å². The van der Waals surface area contributed by atoms with Crippen LogP contribution in [0, 0.1) is 28.4 Å². The number of nitrogens with zero attached hydrogens (tertiary/aromatic N) is 8. The van der Waals surface area contributed by atoms with Crippen LogP contribution in [-0.4, -0.2) is 72.0 Å². The minimum Gasteiger partial charge on any atom is -0.354 e. The molecule has 1 fully saturated rings. The highest BCUT2D eigenvalue weighted by atomic mass is 32.2. The fraction of sp³-hybridized carbons (Fsp3) is 0.321. The fourth-order valence-electron chi connectivity index (χ4n) is 5.39. The third-order valence-corrected chi connectivity index (χ3v) is 9.84. The van der Waals surface area contributed by atoms with E-state index in [1.807, 2.05) is 58.3 Å². The predicted octanol–water partition coefficient (Wildman–Crippen LogP) is 3.84. The molecule has 0 aliphatic carbocycles. The summed E-state index contributed by atoms with van der Waals surface area (Å²) in [6.07, 6.45) is 0.452. The number of rotatable bonds is 7. The van der Waals surface area contributed by atoms with Gasteiger partial charge in [0.1, 0.15) is 17.5 Å². The van der Waals surface area contributed by atoms with Crippen molar-refractivity contribution in [1.29, 1.82) is 5.26 Å². The maximum atomic E-state index is 13.7. The smallest absolute Gasteiger partial charge is 0.289 e. The molecule has 0 saturated carbocycles. The Morgan fingerprint density at radius 2 is 1.76 bits per heavy atom. The van der Waals surface area contributed by atoms with Crippen molar-refractivity contribution in [3.8, 4) is 17.2 Å². The number of para-hydroxylation sites is 1. The van der Waals surface area contributed by atoms with Crippen molar-refractivity contribution < 1.29 is 13.3 Å². The summed E-state index contributed by atoms with van der Waals surface area (Å²) in [6, 6.07) is 17.4. The minimum atomic E-state index is -4.21. The molecule has 2 aromatic heterocycles. The Bertz CT molecular complexity index is 1810. The van der Waals surface area contributed by atoms with Crippen LogP contribution in [0.1, 0.15) is 24.5 Å². The van der Waals surface area contributed by atoms with Gasteiger partial charge in [-0.05, 0) is 37.5 Å². The zero-order chi connectivity index (χ0) is 29.7. The number of fused-ring (bicyclic) bond motifs is 1. The van der Waals surface area contributed by atoms with E-state index in [-0.39, 0.29) is 11.4 Å². The highest BCUT2D eigenvalue weighted by molar-refractivity contribution is 7.89. The van der Waals surface area contributed by atoms with Crippen molar-refractivity contribution in [2.45, 2.75) is 30.7 Å². The first-order valence-corrected chi connectivity index (χ1v) is 14.4. The van der Waals surface area contributed by atoms with Gasteiger partial charge in [0.25, 0.3) is 5.69 Å². The van der Waals surface area contributed by atoms with E-state index >= 15 is 0 Å². The first-order valence-electron chi connectivity index (χ1n) is 12.9. The summed E-state index contributed by atoms with van der Waals surface area (Å²) in [4.78, 5) is 19.1. The van der Waals surface area contributed by atoms with Crippen molar-refractivity contribution in [2.75, 3.05) is 44.0 Å². The third-order valence-electron chi connectivity index (χ3n) is 7.78. The minimum absolute atomic E-state index is 0.279. The summed E-state index contributed by atoms with van der Waals surface area (Å²) >= 11 is 0. The van der Waals surface area contributed by atoms with Crippen LogP contribution in [0.2, 0.25) is 0 Å². The molecule has 0 radical (unpaired) electrons. The van der Waals surface area contributed by atoms with E-state index in [0.29, 0.717) is 35.9 Å². The predicted molar refractivity (Wildman–Crippen MR) is 155 cm³/mol. The maximum absolute atomic E-state index is 13.7. The molecule has 4 aromatic rings. The molecule has 0 bridgehead atoms. The van der Waals surface area contributed by atoms with Crippen LogP contribution >= 0.6 is 0 Å². The number of hydrogen-bond donors (Lipinski definition) is 0. The van der Waals surface area contributed by atoms with Gasteiger partial charge in [-0.2, -0.15) is 19.1 Å². The zero-order valence-corrected chi connectivity index (χ0v) is 24.3. The molecule has 12 nitrogen and oxygen atoms in total. The van der Waals surface area contributed by atoms with E-state index in [4.69, 9.17) is 5.10 Å². The van der Waals surface area contributed by atoms with Gasteiger partial charge in [-0.1, -0.05) is 42.5 Å². The summed E-state index contributed by atoms with van der Waals surface area (Å²) < 4.78 is 30.4. The number of pyridine rings is 1. The zero-order valence-electron chi connectivity index (χ0n) is 23.4. The lowest BCUT2D eigenvalue weighted by Gasteiger charge is -2.35. The molecular weight excluding hydrogens is 544 g/mol. The summed E-state index contributed by atoms with van der Waals surface area (Å²) in [6.45, 7) is 4.47. The number of nitro groups is 1. The van der Waals surface area contributed by atoms with E-state index in [1.165, 1.54) is 35.6 Å². The Morgan fingerprint density at radius 3 is 2.39 bits per heavy atom. The second-order valence-electron chi connectivity index (χ2n) is 10.6. The lowest BCUT2D eigenvalue weighted by Crippen LogP contribution is -2.49. The molecule has 2 aromatic carbocycles. The molecule has 1 atom stereocenters. The molecule has 1 saturated heterocycles.